The summed E-state index contributed by atoms with van der Waals surface area (Å²) in [6.07, 6.45) is 0.404. The molecule has 8 heteroatoms. The van der Waals surface area contributed by atoms with Crippen molar-refractivity contribution in [3.63, 3.8) is 0 Å². The van der Waals surface area contributed by atoms with E-state index >= 15 is 0 Å². The largest absolute Gasteiger partial charge is 0.478 e. The van der Waals surface area contributed by atoms with Crippen LogP contribution in [-0.2, 0) is 4.79 Å². The predicted molar refractivity (Wildman–Crippen MR) is 100 cm³/mol. The number of aromatic nitrogens is 2. The Kier molecular flexibility index (Phi) is 5.69. The molecule has 0 bridgehead atoms. The van der Waals surface area contributed by atoms with Gasteiger partial charge in [0.05, 0.1) is 6.20 Å². The number of carbonyl (C=O) groups is 2. The van der Waals surface area contributed by atoms with E-state index < -0.39 is 23.7 Å². The molecule has 2 N–H and O–H groups in total. The number of halogens is 1. The molecule has 28 heavy (non-hydrogen) atoms. The van der Waals surface area contributed by atoms with Gasteiger partial charge < -0.3 is 4.74 Å². The first-order chi connectivity index (χ1) is 13.5. The third-order valence-corrected chi connectivity index (χ3v) is 3.99. The number of hydrogen-bond donors (Lipinski definition) is 2. The second kappa shape index (κ2) is 8.34. The number of hydrogen-bond acceptors (Lipinski definition) is 4. The van der Waals surface area contributed by atoms with Gasteiger partial charge in [-0.05, 0) is 38.1 Å². The highest BCUT2D eigenvalue weighted by molar-refractivity contribution is 5.94. The molecule has 0 aliphatic heterocycles. The summed E-state index contributed by atoms with van der Waals surface area (Å²) >= 11 is 0. The van der Waals surface area contributed by atoms with Crippen LogP contribution in [0.3, 0.4) is 0 Å². The minimum absolute atomic E-state index is 0.0470. The number of amides is 2. The summed E-state index contributed by atoms with van der Waals surface area (Å²) in [6, 6.07) is 15.0. The van der Waals surface area contributed by atoms with Crippen LogP contribution in [0.15, 0.2) is 60.8 Å². The zero-order chi connectivity index (χ0) is 20.1. The third kappa shape index (κ3) is 4.17. The van der Waals surface area contributed by atoms with Gasteiger partial charge in [-0.15, -0.1) is 0 Å². The molecule has 3 rings (SSSR count). The Morgan fingerprint density at radius 1 is 1.07 bits per heavy atom. The van der Waals surface area contributed by atoms with Crippen LogP contribution in [0.5, 0.6) is 5.75 Å². The third-order valence-electron chi connectivity index (χ3n) is 3.99. The first-order valence-electron chi connectivity index (χ1n) is 8.58. The molecule has 0 fully saturated rings. The Morgan fingerprint density at radius 2 is 1.75 bits per heavy atom. The molecule has 0 saturated heterocycles. The molecule has 1 aromatic heterocycles. The predicted octanol–water partition coefficient (Wildman–Crippen LogP) is 2.55. The van der Waals surface area contributed by atoms with Crippen LogP contribution in [0.25, 0.3) is 5.69 Å². The molecule has 0 aliphatic rings. The van der Waals surface area contributed by atoms with Crippen molar-refractivity contribution in [3.05, 3.63) is 78.1 Å². The van der Waals surface area contributed by atoms with Crippen LogP contribution in [-0.4, -0.2) is 27.5 Å². The number of hydrazine groups is 1. The number of aryl methyl sites for hydroxylation is 1. The lowest BCUT2D eigenvalue weighted by molar-refractivity contribution is -0.128. The number of ether oxygens (including phenoxy) is 1. The van der Waals surface area contributed by atoms with E-state index in [1.807, 2.05) is 30.3 Å². The minimum Gasteiger partial charge on any atom is -0.478 e. The van der Waals surface area contributed by atoms with Crippen LogP contribution in [0.1, 0.15) is 23.2 Å². The first-order valence-corrected chi connectivity index (χ1v) is 8.58. The number of nitrogens with one attached hydrogen (secondary N) is 2. The van der Waals surface area contributed by atoms with Crippen LogP contribution >= 0.6 is 0 Å². The van der Waals surface area contributed by atoms with Crippen molar-refractivity contribution in [1.82, 2.24) is 20.4 Å². The normalized spacial score (nSPS) is 11.5. The Bertz CT molecular complexity index is 988. The molecule has 1 atom stereocenters. The Balaban J connectivity index is 1.65. The van der Waals surface area contributed by atoms with Gasteiger partial charge in [0, 0.05) is 5.69 Å². The lowest BCUT2D eigenvalue weighted by atomic mass is 10.3. The molecule has 1 heterocycles. The molecule has 7 nitrogen and oxygen atoms in total. The molecular weight excluding hydrogens is 363 g/mol. The van der Waals surface area contributed by atoms with Crippen molar-refractivity contribution in [2.45, 2.75) is 20.0 Å². The Morgan fingerprint density at radius 3 is 2.46 bits per heavy atom. The second-order valence-electron chi connectivity index (χ2n) is 6.00. The fourth-order valence-corrected chi connectivity index (χ4v) is 2.58. The van der Waals surface area contributed by atoms with Gasteiger partial charge in [0.15, 0.2) is 17.7 Å². The molecule has 144 valence electrons. The number of rotatable bonds is 5. The smallest absolute Gasteiger partial charge is 0.288 e. The molecular formula is C20H19FN4O3. The highest BCUT2D eigenvalue weighted by atomic mass is 19.1. The fourth-order valence-electron chi connectivity index (χ4n) is 2.58. The lowest BCUT2D eigenvalue weighted by Gasteiger charge is -2.16. The van der Waals surface area contributed by atoms with Gasteiger partial charge in [0.25, 0.3) is 11.8 Å². The van der Waals surface area contributed by atoms with Gasteiger partial charge >= 0.3 is 0 Å². The van der Waals surface area contributed by atoms with E-state index in [4.69, 9.17) is 4.74 Å². The van der Waals surface area contributed by atoms with Gasteiger partial charge in [-0.25, -0.2) is 9.37 Å². The zero-order valence-corrected chi connectivity index (χ0v) is 15.3. The van der Waals surface area contributed by atoms with Crippen molar-refractivity contribution in [1.29, 1.82) is 0 Å². The summed E-state index contributed by atoms with van der Waals surface area (Å²) in [4.78, 5) is 28.8. The quantitative estimate of drug-likeness (QED) is 0.664. The van der Waals surface area contributed by atoms with Crippen LogP contribution < -0.4 is 15.6 Å². The number of carbonyl (C=O) groups excluding carboxylic acids is 2. The van der Waals surface area contributed by atoms with E-state index in [0.29, 0.717) is 5.82 Å². The van der Waals surface area contributed by atoms with Crippen molar-refractivity contribution in [2.24, 2.45) is 0 Å². The molecule has 0 radical (unpaired) electrons. The number of imidazole rings is 1. The SMILES string of the molecule is Cc1ncc(C(=O)NNC(=O)[C@H](C)Oc2ccccc2F)n1-c1ccccc1. The summed E-state index contributed by atoms with van der Waals surface area (Å²) in [5, 5.41) is 0. The summed E-state index contributed by atoms with van der Waals surface area (Å²) < 4.78 is 20.6. The second-order valence-corrected chi connectivity index (χ2v) is 6.00. The van der Waals surface area contributed by atoms with Gasteiger partial charge in [-0.2, -0.15) is 0 Å². The van der Waals surface area contributed by atoms with E-state index in [1.165, 1.54) is 31.3 Å². The monoisotopic (exact) mass is 382 g/mol. The van der Waals surface area contributed by atoms with Crippen molar-refractivity contribution in [3.8, 4) is 11.4 Å². The van der Waals surface area contributed by atoms with Crippen LogP contribution in [0.4, 0.5) is 4.39 Å². The number of nitrogens with zero attached hydrogens (tertiary/aromatic N) is 2. The molecule has 0 spiro atoms. The van der Waals surface area contributed by atoms with Gasteiger partial charge in [0.2, 0.25) is 0 Å². The Labute approximate surface area is 161 Å². The highest BCUT2D eigenvalue weighted by Gasteiger charge is 2.20. The number of para-hydroxylation sites is 2. The van der Waals surface area contributed by atoms with E-state index in [0.717, 1.165) is 5.69 Å². The van der Waals surface area contributed by atoms with Crippen LogP contribution in [0.2, 0.25) is 0 Å². The van der Waals surface area contributed by atoms with Crippen molar-refractivity contribution >= 4 is 11.8 Å². The zero-order valence-electron chi connectivity index (χ0n) is 15.3. The first kappa shape index (κ1) is 19.1. The van der Waals surface area contributed by atoms with Crippen LogP contribution in [0, 0.1) is 12.7 Å². The van der Waals surface area contributed by atoms with E-state index in [9.17, 15) is 14.0 Å². The van der Waals surface area contributed by atoms with Gasteiger partial charge in [0.1, 0.15) is 11.5 Å². The van der Waals surface area contributed by atoms with E-state index in [2.05, 4.69) is 15.8 Å². The molecule has 3 aromatic rings. The highest BCUT2D eigenvalue weighted by Crippen LogP contribution is 2.17. The molecule has 0 aliphatic carbocycles. The number of benzene rings is 2. The Hall–Kier alpha value is -3.68. The van der Waals surface area contributed by atoms with E-state index in [1.54, 1.807) is 17.6 Å². The standard InChI is InChI=1S/C20H19FN4O3/c1-13(28-18-11-7-6-10-16(18)21)19(26)23-24-20(27)17-12-22-14(2)25(17)15-8-4-3-5-9-15/h3-13H,1-2H3,(H,23,26)(H,24,27)/t13-/m0/s1. The minimum atomic E-state index is -1.02. The van der Waals surface area contributed by atoms with Crippen molar-refractivity contribution in [2.75, 3.05) is 0 Å². The van der Waals surface area contributed by atoms with E-state index in [-0.39, 0.29) is 11.4 Å². The molecule has 0 unspecified atom stereocenters. The summed E-state index contributed by atoms with van der Waals surface area (Å²) in [7, 11) is 0. The maximum Gasteiger partial charge on any atom is 0.288 e. The maximum atomic E-state index is 13.6. The summed E-state index contributed by atoms with van der Waals surface area (Å²) in [5.74, 6) is -1.17. The van der Waals surface area contributed by atoms with Gasteiger partial charge in [-0.1, -0.05) is 30.3 Å². The summed E-state index contributed by atoms with van der Waals surface area (Å²) in [6.45, 7) is 3.22. The molecule has 0 saturated carbocycles. The topological polar surface area (TPSA) is 85.2 Å². The fraction of sp³-hybridized carbons (Fsp3) is 0.150. The average molecular weight is 382 g/mol. The summed E-state index contributed by atoms with van der Waals surface area (Å²) in [5.41, 5.74) is 5.64. The average Bonchev–Trinajstić information content (AvgIpc) is 3.09. The molecule has 2 aromatic carbocycles. The van der Waals surface area contributed by atoms with Crippen molar-refractivity contribution < 1.29 is 18.7 Å². The maximum absolute atomic E-state index is 13.6. The molecule has 2 amide bonds. The van der Waals surface area contributed by atoms with Gasteiger partial charge in [-0.3, -0.25) is 25.0 Å². The lowest BCUT2D eigenvalue weighted by Crippen LogP contribution is -2.47.